The van der Waals surface area contributed by atoms with Gasteiger partial charge in [0.25, 0.3) is 0 Å². The lowest BCUT2D eigenvalue weighted by molar-refractivity contribution is 0.406. The first-order valence-corrected chi connectivity index (χ1v) is 11.2. The summed E-state index contributed by atoms with van der Waals surface area (Å²) in [5.74, 6) is 1.05. The van der Waals surface area contributed by atoms with E-state index in [0.29, 0.717) is 6.42 Å². The maximum atomic E-state index is 10.5. The van der Waals surface area contributed by atoms with E-state index < -0.39 is 0 Å². The van der Waals surface area contributed by atoms with Crippen LogP contribution in [0.3, 0.4) is 0 Å². The number of phenolic OH excluding ortho intramolecular Hbond substituents is 1. The summed E-state index contributed by atoms with van der Waals surface area (Å²) >= 11 is 7.10. The van der Waals surface area contributed by atoms with Gasteiger partial charge >= 0.3 is 0 Å². The zero-order valence-corrected chi connectivity index (χ0v) is 19.9. The van der Waals surface area contributed by atoms with E-state index in [4.69, 9.17) is 9.73 Å². The highest BCUT2D eigenvalue weighted by Gasteiger charge is 2.28. The predicted octanol–water partition coefficient (Wildman–Crippen LogP) is 6.46. The summed E-state index contributed by atoms with van der Waals surface area (Å²) in [6.07, 6.45) is 0.432. The molecule has 2 atom stereocenters. The lowest BCUT2D eigenvalue weighted by Gasteiger charge is -2.31. The Bertz CT molecular complexity index is 1100. The number of benzene rings is 3. The van der Waals surface area contributed by atoms with Gasteiger partial charge in [0.1, 0.15) is 17.7 Å². The van der Waals surface area contributed by atoms with Crippen LogP contribution < -0.4 is 10.1 Å². The molecule has 1 aliphatic heterocycles. The van der Waals surface area contributed by atoms with E-state index in [2.05, 4.69) is 68.4 Å². The number of nitrogens with one attached hydrogen (secondary N) is 1. The van der Waals surface area contributed by atoms with Gasteiger partial charge in [-0.1, -0.05) is 51.8 Å². The Morgan fingerprint density at radius 3 is 2.50 bits per heavy atom. The number of methoxy groups -OCH3 is 1. The molecule has 0 saturated heterocycles. The fraction of sp³-hybridized carbons (Fsp3) is 0.208. The van der Waals surface area contributed by atoms with Crippen LogP contribution in [0, 0.1) is 6.92 Å². The van der Waals surface area contributed by atoms with E-state index in [-0.39, 0.29) is 18.0 Å². The fourth-order valence-electron chi connectivity index (χ4n) is 3.65. The first-order valence-electron chi connectivity index (χ1n) is 9.66. The monoisotopic (exact) mass is 528 g/mol. The van der Waals surface area contributed by atoms with Gasteiger partial charge in [0.15, 0.2) is 0 Å². The third-order valence-electron chi connectivity index (χ3n) is 5.28. The van der Waals surface area contributed by atoms with Gasteiger partial charge in [-0.25, -0.2) is 0 Å². The summed E-state index contributed by atoms with van der Waals surface area (Å²) in [6, 6.07) is 19.8. The van der Waals surface area contributed by atoms with Crippen LogP contribution >= 0.6 is 31.9 Å². The molecule has 154 valence electrons. The minimum atomic E-state index is -0.249. The Labute approximate surface area is 193 Å². The molecule has 0 radical (unpaired) electrons. The van der Waals surface area contributed by atoms with Crippen LogP contribution in [0.1, 0.15) is 40.9 Å². The number of halogens is 2. The second-order valence-electron chi connectivity index (χ2n) is 7.36. The summed E-state index contributed by atoms with van der Waals surface area (Å²) in [4.78, 5) is 5.03. The molecule has 0 saturated carbocycles. The maximum absolute atomic E-state index is 10.5. The lowest BCUT2D eigenvalue weighted by Crippen LogP contribution is -2.33. The van der Waals surface area contributed by atoms with Crippen molar-refractivity contribution in [3.8, 4) is 11.5 Å². The van der Waals surface area contributed by atoms with Gasteiger partial charge < -0.3 is 9.84 Å². The van der Waals surface area contributed by atoms with E-state index in [1.54, 1.807) is 13.2 Å². The third-order valence-corrected chi connectivity index (χ3v) is 6.40. The number of rotatable bonds is 4. The standard InChI is InChI=1S/C24H22Br2N2O2/c1-14-3-5-15(6-4-14)20-13-21(18-12-17(25)8-9-22(18)29)28-24(27-20)16-7-10-23(30-2)19(26)11-16/h3-12,21,24,28-29H,13H2,1-2H3/t21-,24+/m0/s1. The van der Waals surface area contributed by atoms with Crippen molar-refractivity contribution in [1.29, 1.82) is 0 Å². The summed E-state index contributed by atoms with van der Waals surface area (Å²) in [6.45, 7) is 2.08. The average molecular weight is 530 g/mol. The van der Waals surface area contributed by atoms with Gasteiger partial charge in [0, 0.05) is 28.2 Å². The quantitative estimate of drug-likeness (QED) is 0.408. The van der Waals surface area contributed by atoms with E-state index >= 15 is 0 Å². The molecule has 0 amide bonds. The number of ether oxygens (including phenoxy) is 1. The largest absolute Gasteiger partial charge is 0.508 e. The Hall–Kier alpha value is -2.15. The van der Waals surface area contributed by atoms with Crippen molar-refractivity contribution in [3.05, 3.63) is 91.9 Å². The topological polar surface area (TPSA) is 53.9 Å². The molecule has 2 N–H and O–H groups in total. The van der Waals surface area contributed by atoms with Gasteiger partial charge in [-0.05, 0) is 64.3 Å². The van der Waals surface area contributed by atoms with Crippen LogP contribution in [-0.2, 0) is 0 Å². The number of hydrogen-bond acceptors (Lipinski definition) is 4. The summed E-state index contributed by atoms with van der Waals surface area (Å²) in [5.41, 5.74) is 5.19. The molecule has 1 aliphatic rings. The number of aryl methyl sites for hydroxylation is 1. The van der Waals surface area contributed by atoms with Gasteiger partial charge in [0.05, 0.1) is 11.6 Å². The Kier molecular flexibility index (Phi) is 6.27. The number of aromatic hydroxyl groups is 1. The molecule has 30 heavy (non-hydrogen) atoms. The summed E-state index contributed by atoms with van der Waals surface area (Å²) < 4.78 is 7.18. The zero-order valence-electron chi connectivity index (χ0n) is 16.7. The Morgan fingerprint density at radius 1 is 1.03 bits per heavy atom. The smallest absolute Gasteiger partial charge is 0.133 e. The molecular weight excluding hydrogens is 508 g/mol. The van der Waals surface area contributed by atoms with Gasteiger partial charge in [-0.2, -0.15) is 0 Å². The average Bonchev–Trinajstić information content (AvgIpc) is 2.75. The molecule has 0 aliphatic carbocycles. The molecule has 1 heterocycles. The molecule has 4 rings (SSSR count). The number of phenols is 1. The second kappa shape index (κ2) is 8.92. The van der Waals surface area contributed by atoms with Crippen molar-refractivity contribution in [1.82, 2.24) is 5.32 Å². The fourth-order valence-corrected chi connectivity index (χ4v) is 4.59. The van der Waals surface area contributed by atoms with E-state index in [1.165, 1.54) is 5.56 Å². The summed E-state index contributed by atoms with van der Waals surface area (Å²) in [7, 11) is 1.65. The van der Waals surface area contributed by atoms with Crippen molar-refractivity contribution in [2.45, 2.75) is 25.6 Å². The molecule has 0 bridgehead atoms. The van der Waals surface area contributed by atoms with Crippen LogP contribution in [0.4, 0.5) is 0 Å². The number of hydrogen-bond donors (Lipinski definition) is 2. The Balaban J connectivity index is 1.77. The highest BCUT2D eigenvalue weighted by molar-refractivity contribution is 9.10. The normalized spacial score (nSPS) is 18.7. The zero-order chi connectivity index (χ0) is 21.3. The molecule has 4 nitrogen and oxygen atoms in total. The predicted molar refractivity (Wildman–Crippen MR) is 127 cm³/mol. The molecule has 3 aromatic rings. The molecule has 0 aromatic heterocycles. The molecule has 6 heteroatoms. The Morgan fingerprint density at radius 2 is 1.80 bits per heavy atom. The minimum Gasteiger partial charge on any atom is -0.508 e. The van der Waals surface area contributed by atoms with Crippen LogP contribution in [0.25, 0.3) is 0 Å². The third kappa shape index (κ3) is 4.46. The SMILES string of the molecule is COc1ccc([C@@H]2N=C(c3ccc(C)cc3)C[C@@H](c3cc(Br)ccc3O)N2)cc1Br. The highest BCUT2D eigenvalue weighted by Crippen LogP contribution is 2.37. The van der Waals surface area contributed by atoms with Crippen molar-refractivity contribution < 1.29 is 9.84 Å². The molecule has 0 unspecified atom stereocenters. The molecule has 3 aromatic carbocycles. The van der Waals surface area contributed by atoms with Gasteiger partial charge in [0.2, 0.25) is 0 Å². The molecule has 0 fully saturated rings. The van der Waals surface area contributed by atoms with Crippen LogP contribution in [-0.4, -0.2) is 17.9 Å². The molecular formula is C24H22Br2N2O2. The number of nitrogens with zero attached hydrogens (tertiary/aromatic N) is 1. The van der Waals surface area contributed by atoms with Crippen LogP contribution in [0.5, 0.6) is 11.5 Å². The van der Waals surface area contributed by atoms with Crippen molar-refractivity contribution in [3.63, 3.8) is 0 Å². The van der Waals surface area contributed by atoms with E-state index in [9.17, 15) is 5.11 Å². The number of aliphatic imine (C=N–C) groups is 1. The van der Waals surface area contributed by atoms with E-state index in [0.717, 1.165) is 37.1 Å². The van der Waals surface area contributed by atoms with Crippen molar-refractivity contribution in [2.24, 2.45) is 4.99 Å². The van der Waals surface area contributed by atoms with Crippen molar-refractivity contribution >= 4 is 37.6 Å². The van der Waals surface area contributed by atoms with E-state index in [1.807, 2.05) is 30.3 Å². The first kappa shape index (κ1) is 21.1. The lowest BCUT2D eigenvalue weighted by atomic mass is 9.93. The van der Waals surface area contributed by atoms with Crippen molar-refractivity contribution in [2.75, 3.05) is 7.11 Å². The highest BCUT2D eigenvalue weighted by atomic mass is 79.9. The van der Waals surface area contributed by atoms with Gasteiger partial charge in [-0.3, -0.25) is 10.3 Å². The van der Waals surface area contributed by atoms with Crippen LogP contribution in [0.2, 0.25) is 0 Å². The van der Waals surface area contributed by atoms with Gasteiger partial charge in [-0.15, -0.1) is 0 Å². The second-order valence-corrected chi connectivity index (χ2v) is 9.13. The summed E-state index contributed by atoms with van der Waals surface area (Å²) in [5, 5.41) is 14.1. The van der Waals surface area contributed by atoms with Crippen LogP contribution in [0.15, 0.2) is 74.6 Å². The minimum absolute atomic E-state index is 0.0813. The molecule has 0 spiro atoms. The first-order chi connectivity index (χ1) is 14.4. The maximum Gasteiger partial charge on any atom is 0.133 e.